The van der Waals surface area contributed by atoms with Gasteiger partial charge in [-0.05, 0) is 44.4 Å². The van der Waals surface area contributed by atoms with E-state index in [1.54, 1.807) is 0 Å². The molecular weight excluding hydrogens is 388 g/mol. The Hall–Kier alpha value is -2.85. The number of hydrogen-bond donors (Lipinski definition) is 1. The van der Waals surface area contributed by atoms with Gasteiger partial charge in [0, 0.05) is 44.1 Å². The SMILES string of the molecule is Cc1c(C#N)c(NC(=O)CN2CCN(c3ccccn3)CC2)n(C2CCCCC2)c1C. The first-order chi connectivity index (χ1) is 15.1. The van der Waals surface area contributed by atoms with E-state index in [4.69, 9.17) is 0 Å². The lowest BCUT2D eigenvalue weighted by molar-refractivity contribution is -0.117. The van der Waals surface area contributed by atoms with Crippen LogP contribution in [0.5, 0.6) is 0 Å². The molecule has 2 aromatic heterocycles. The molecule has 0 bridgehead atoms. The predicted molar refractivity (Wildman–Crippen MR) is 122 cm³/mol. The van der Waals surface area contributed by atoms with Crippen molar-refractivity contribution in [3.8, 4) is 6.07 Å². The largest absolute Gasteiger partial charge is 0.354 e. The van der Waals surface area contributed by atoms with E-state index in [1.165, 1.54) is 19.3 Å². The molecule has 3 heterocycles. The lowest BCUT2D eigenvalue weighted by atomic mass is 9.95. The van der Waals surface area contributed by atoms with E-state index in [1.807, 2.05) is 31.3 Å². The molecule has 31 heavy (non-hydrogen) atoms. The van der Waals surface area contributed by atoms with Crippen LogP contribution in [0, 0.1) is 25.2 Å². The highest BCUT2D eigenvalue weighted by molar-refractivity contribution is 5.93. The fourth-order valence-corrected chi connectivity index (χ4v) is 4.93. The Labute approximate surface area is 184 Å². The van der Waals surface area contributed by atoms with Gasteiger partial charge in [0.05, 0.1) is 12.1 Å². The molecule has 164 valence electrons. The van der Waals surface area contributed by atoms with Gasteiger partial charge >= 0.3 is 0 Å². The van der Waals surface area contributed by atoms with Crippen LogP contribution in [-0.4, -0.2) is 53.1 Å². The molecule has 2 aromatic rings. The van der Waals surface area contributed by atoms with Crippen molar-refractivity contribution in [2.45, 2.75) is 52.0 Å². The van der Waals surface area contributed by atoms with Crippen molar-refractivity contribution in [2.24, 2.45) is 0 Å². The van der Waals surface area contributed by atoms with Gasteiger partial charge in [-0.15, -0.1) is 0 Å². The Balaban J connectivity index is 1.42. The molecule has 0 aromatic carbocycles. The number of aromatic nitrogens is 2. The summed E-state index contributed by atoms with van der Waals surface area (Å²) >= 11 is 0. The zero-order valence-electron chi connectivity index (χ0n) is 18.6. The fourth-order valence-electron chi connectivity index (χ4n) is 4.93. The molecule has 0 spiro atoms. The number of hydrogen-bond acceptors (Lipinski definition) is 5. The zero-order chi connectivity index (χ0) is 21.8. The van der Waals surface area contributed by atoms with Crippen LogP contribution in [-0.2, 0) is 4.79 Å². The number of nitriles is 1. The van der Waals surface area contributed by atoms with Crippen molar-refractivity contribution in [3.05, 3.63) is 41.2 Å². The molecule has 7 nitrogen and oxygen atoms in total. The second-order valence-electron chi connectivity index (χ2n) is 8.71. The van der Waals surface area contributed by atoms with Crippen LogP contribution in [0.1, 0.15) is 55.0 Å². The number of rotatable bonds is 5. The number of carbonyl (C=O) groups is 1. The molecule has 2 aliphatic rings. The highest BCUT2D eigenvalue weighted by Crippen LogP contribution is 2.36. The number of pyridine rings is 1. The monoisotopic (exact) mass is 420 g/mol. The third-order valence-corrected chi connectivity index (χ3v) is 6.78. The summed E-state index contributed by atoms with van der Waals surface area (Å²) in [7, 11) is 0. The lowest BCUT2D eigenvalue weighted by Gasteiger charge is -2.35. The van der Waals surface area contributed by atoms with E-state index >= 15 is 0 Å². The lowest BCUT2D eigenvalue weighted by Crippen LogP contribution is -2.49. The van der Waals surface area contributed by atoms with Crippen LogP contribution in [0.4, 0.5) is 11.6 Å². The van der Waals surface area contributed by atoms with E-state index in [9.17, 15) is 10.1 Å². The number of carbonyl (C=O) groups excluding carboxylic acids is 1. The van der Waals surface area contributed by atoms with Crippen molar-refractivity contribution in [2.75, 3.05) is 42.9 Å². The quantitative estimate of drug-likeness (QED) is 0.799. The van der Waals surface area contributed by atoms with Crippen molar-refractivity contribution in [1.29, 1.82) is 5.26 Å². The molecule has 1 aliphatic heterocycles. The van der Waals surface area contributed by atoms with Gasteiger partial charge in [-0.3, -0.25) is 9.69 Å². The minimum absolute atomic E-state index is 0.0441. The molecule has 1 saturated heterocycles. The molecular formula is C24H32N6O. The standard InChI is InChI=1S/C24H32N6O/c1-18-19(2)30(20-8-4-3-5-9-20)24(21(18)16-25)27-23(31)17-28-12-14-29(15-13-28)22-10-6-7-11-26-22/h6-7,10-11,20H,3-5,8-9,12-15,17H2,1-2H3,(H,27,31). The molecule has 1 N–H and O–H groups in total. The number of anilines is 2. The summed E-state index contributed by atoms with van der Waals surface area (Å²) in [5.74, 6) is 1.64. The first-order valence-electron chi connectivity index (χ1n) is 11.4. The summed E-state index contributed by atoms with van der Waals surface area (Å²) in [6.45, 7) is 7.73. The summed E-state index contributed by atoms with van der Waals surface area (Å²) in [5, 5.41) is 12.9. The Bertz CT molecular complexity index is 947. The molecule has 0 atom stereocenters. The van der Waals surface area contributed by atoms with Crippen LogP contribution in [0.2, 0.25) is 0 Å². The van der Waals surface area contributed by atoms with Gasteiger partial charge in [-0.1, -0.05) is 25.3 Å². The van der Waals surface area contributed by atoms with Crippen molar-refractivity contribution < 1.29 is 4.79 Å². The van der Waals surface area contributed by atoms with E-state index in [0.717, 1.165) is 56.1 Å². The molecule has 1 aliphatic carbocycles. The van der Waals surface area contributed by atoms with Gasteiger partial charge in [0.2, 0.25) is 5.91 Å². The molecule has 1 amide bonds. The van der Waals surface area contributed by atoms with Crippen LogP contribution >= 0.6 is 0 Å². The van der Waals surface area contributed by atoms with Crippen LogP contribution < -0.4 is 10.2 Å². The van der Waals surface area contributed by atoms with Crippen molar-refractivity contribution in [1.82, 2.24) is 14.5 Å². The molecule has 2 fully saturated rings. The predicted octanol–water partition coefficient (Wildman–Crippen LogP) is 3.64. The number of nitrogens with one attached hydrogen (secondary N) is 1. The maximum atomic E-state index is 13.0. The second-order valence-corrected chi connectivity index (χ2v) is 8.71. The smallest absolute Gasteiger partial charge is 0.239 e. The minimum atomic E-state index is -0.0441. The van der Waals surface area contributed by atoms with Gasteiger partial charge in [0.25, 0.3) is 0 Å². The third-order valence-electron chi connectivity index (χ3n) is 6.78. The number of amides is 1. The highest BCUT2D eigenvalue weighted by atomic mass is 16.2. The van der Waals surface area contributed by atoms with Crippen LogP contribution in [0.15, 0.2) is 24.4 Å². The Morgan fingerprint density at radius 2 is 1.90 bits per heavy atom. The average Bonchev–Trinajstić information content (AvgIpc) is 3.04. The fraction of sp³-hybridized carbons (Fsp3) is 0.542. The summed E-state index contributed by atoms with van der Waals surface area (Å²) in [6.07, 6.45) is 7.71. The zero-order valence-corrected chi connectivity index (χ0v) is 18.6. The molecule has 1 saturated carbocycles. The molecule has 0 radical (unpaired) electrons. The van der Waals surface area contributed by atoms with E-state index in [0.29, 0.717) is 24.0 Å². The topological polar surface area (TPSA) is 77.2 Å². The van der Waals surface area contributed by atoms with E-state index in [2.05, 4.69) is 37.7 Å². The number of piperazine rings is 1. The summed E-state index contributed by atoms with van der Waals surface area (Å²) in [6, 6.07) is 8.65. The third kappa shape index (κ3) is 4.59. The van der Waals surface area contributed by atoms with Crippen molar-refractivity contribution in [3.63, 3.8) is 0 Å². The van der Waals surface area contributed by atoms with E-state index in [-0.39, 0.29) is 5.91 Å². The van der Waals surface area contributed by atoms with Gasteiger partial charge in [-0.25, -0.2) is 4.98 Å². The molecule has 0 unspecified atom stereocenters. The maximum absolute atomic E-state index is 13.0. The van der Waals surface area contributed by atoms with Gasteiger partial charge in [-0.2, -0.15) is 5.26 Å². The highest BCUT2D eigenvalue weighted by Gasteiger charge is 2.27. The van der Waals surface area contributed by atoms with Crippen LogP contribution in [0.3, 0.4) is 0 Å². The van der Waals surface area contributed by atoms with Gasteiger partial charge in [0.15, 0.2) is 0 Å². The van der Waals surface area contributed by atoms with Gasteiger partial charge in [0.1, 0.15) is 17.7 Å². The summed E-state index contributed by atoms with van der Waals surface area (Å²) in [4.78, 5) is 21.8. The normalized spacial score (nSPS) is 18.0. The Morgan fingerprint density at radius 3 is 2.55 bits per heavy atom. The summed E-state index contributed by atoms with van der Waals surface area (Å²) < 4.78 is 2.23. The van der Waals surface area contributed by atoms with Gasteiger partial charge < -0.3 is 14.8 Å². The maximum Gasteiger partial charge on any atom is 0.239 e. The summed E-state index contributed by atoms with van der Waals surface area (Å²) in [5.41, 5.74) is 2.69. The van der Waals surface area contributed by atoms with E-state index < -0.39 is 0 Å². The first kappa shape index (κ1) is 21.4. The molecule has 4 rings (SSSR count). The Kier molecular flexibility index (Phi) is 6.57. The van der Waals surface area contributed by atoms with Crippen molar-refractivity contribution >= 4 is 17.5 Å². The Morgan fingerprint density at radius 1 is 1.16 bits per heavy atom. The second kappa shape index (κ2) is 9.52. The van der Waals surface area contributed by atoms with Crippen LogP contribution in [0.25, 0.3) is 0 Å². The minimum Gasteiger partial charge on any atom is -0.354 e. The first-order valence-corrected chi connectivity index (χ1v) is 11.4. The average molecular weight is 421 g/mol. The molecule has 7 heteroatoms. The number of nitrogens with zero attached hydrogens (tertiary/aromatic N) is 5.